The maximum atomic E-state index is 14.4. The molecular formula is C12H17FN4O3. The zero-order chi connectivity index (χ0) is 14.3. The Hall–Kier alpha value is -1.54. The molecule has 0 aromatic carbocycles. The van der Waals surface area contributed by atoms with Crippen LogP contribution < -0.4 is 0 Å². The topological polar surface area (TPSA) is 73.4 Å². The quantitative estimate of drug-likeness (QED) is 0.615. The van der Waals surface area contributed by atoms with Crippen LogP contribution in [0.2, 0.25) is 0 Å². The van der Waals surface area contributed by atoms with Gasteiger partial charge >= 0.3 is 5.69 Å². The van der Waals surface area contributed by atoms with Crippen LogP contribution in [0.15, 0.2) is 12.4 Å². The minimum absolute atomic E-state index is 0.0641. The van der Waals surface area contributed by atoms with Gasteiger partial charge in [-0.25, -0.2) is 4.39 Å². The van der Waals surface area contributed by atoms with Crippen LogP contribution in [0.3, 0.4) is 0 Å². The number of alkyl halides is 1. The molecule has 2 atom stereocenters. The summed E-state index contributed by atoms with van der Waals surface area (Å²) in [7, 11) is 0. The number of hydrogen-bond donors (Lipinski definition) is 0. The molecule has 0 aliphatic carbocycles. The average Bonchev–Trinajstić information content (AvgIpc) is 2.85. The van der Waals surface area contributed by atoms with E-state index >= 15 is 0 Å². The molecule has 1 aromatic rings. The van der Waals surface area contributed by atoms with Gasteiger partial charge < -0.3 is 4.74 Å². The highest BCUT2D eigenvalue weighted by atomic mass is 19.1. The molecule has 0 radical (unpaired) electrons. The molecule has 110 valence electrons. The Bertz CT molecular complexity index is 517. The molecule has 0 bridgehead atoms. The Kier molecular flexibility index (Phi) is 3.21. The molecular weight excluding hydrogens is 267 g/mol. The van der Waals surface area contributed by atoms with E-state index in [1.165, 1.54) is 17.1 Å². The number of piperidine rings is 1. The molecule has 0 N–H and O–H groups in total. The van der Waals surface area contributed by atoms with Crippen molar-refractivity contribution in [3.8, 4) is 0 Å². The first-order chi connectivity index (χ1) is 9.49. The van der Waals surface area contributed by atoms with Gasteiger partial charge in [0.05, 0.1) is 29.7 Å². The third-order valence-electron chi connectivity index (χ3n) is 4.24. The highest BCUT2D eigenvalue weighted by Crippen LogP contribution is 2.33. The molecule has 0 saturated carbocycles. The Labute approximate surface area is 115 Å². The summed E-state index contributed by atoms with van der Waals surface area (Å²) in [5.74, 6) is 0. The van der Waals surface area contributed by atoms with Crippen LogP contribution in [0, 0.1) is 10.1 Å². The van der Waals surface area contributed by atoms with E-state index in [0.717, 1.165) is 6.54 Å². The molecule has 0 spiro atoms. The molecule has 2 aliphatic heterocycles. The summed E-state index contributed by atoms with van der Waals surface area (Å²) in [5.41, 5.74) is -0.162. The second kappa shape index (κ2) is 4.78. The van der Waals surface area contributed by atoms with Gasteiger partial charge in [0, 0.05) is 13.1 Å². The van der Waals surface area contributed by atoms with Crippen molar-refractivity contribution in [2.24, 2.45) is 0 Å². The molecule has 2 aliphatic rings. The fraction of sp³-hybridized carbons (Fsp3) is 0.750. The summed E-state index contributed by atoms with van der Waals surface area (Å²) in [5, 5.41) is 14.6. The molecule has 7 nitrogen and oxygen atoms in total. The van der Waals surface area contributed by atoms with Crippen molar-refractivity contribution in [3.05, 3.63) is 22.5 Å². The van der Waals surface area contributed by atoms with Crippen molar-refractivity contribution in [2.75, 3.05) is 26.3 Å². The molecule has 0 amide bonds. The van der Waals surface area contributed by atoms with Crippen LogP contribution in [0.25, 0.3) is 0 Å². The maximum Gasteiger partial charge on any atom is 0.307 e. The molecule has 2 saturated heterocycles. The highest BCUT2D eigenvalue weighted by Gasteiger charge is 2.44. The normalized spacial score (nSPS) is 29.9. The van der Waals surface area contributed by atoms with Gasteiger partial charge in [-0.2, -0.15) is 5.10 Å². The van der Waals surface area contributed by atoms with E-state index in [0.29, 0.717) is 26.2 Å². The molecule has 0 unspecified atom stereocenters. The van der Waals surface area contributed by atoms with Crippen molar-refractivity contribution in [3.63, 3.8) is 0 Å². The van der Waals surface area contributed by atoms with E-state index in [4.69, 9.17) is 4.74 Å². The van der Waals surface area contributed by atoms with Gasteiger partial charge in [-0.3, -0.25) is 19.7 Å². The van der Waals surface area contributed by atoms with E-state index in [1.807, 2.05) is 0 Å². The number of ether oxygens (including phenoxy) is 1. The van der Waals surface area contributed by atoms with Gasteiger partial charge in [0.2, 0.25) is 0 Å². The fourth-order valence-electron chi connectivity index (χ4n) is 2.86. The average molecular weight is 284 g/mol. The van der Waals surface area contributed by atoms with Crippen molar-refractivity contribution < 1.29 is 14.1 Å². The van der Waals surface area contributed by atoms with Gasteiger partial charge in [-0.05, 0) is 13.3 Å². The Morgan fingerprint density at radius 3 is 2.85 bits per heavy atom. The standard InChI is InChI=1S/C12H17FN4O3/c1-12(7-20-8-12)15-3-2-11(10(13)6-15)16-5-9(4-14-16)17(18)19/h4-5,10-11H,2-3,6-8H2,1H3/t10-,11-/m1/s1. The van der Waals surface area contributed by atoms with Gasteiger partial charge in [-0.1, -0.05) is 0 Å². The van der Waals surface area contributed by atoms with Crippen LogP contribution in [-0.2, 0) is 4.74 Å². The van der Waals surface area contributed by atoms with Crippen molar-refractivity contribution in [1.82, 2.24) is 14.7 Å². The van der Waals surface area contributed by atoms with E-state index in [2.05, 4.69) is 16.9 Å². The number of halogens is 1. The first-order valence-corrected chi connectivity index (χ1v) is 6.65. The molecule has 3 rings (SSSR count). The monoisotopic (exact) mass is 284 g/mol. The third kappa shape index (κ3) is 2.18. The van der Waals surface area contributed by atoms with Crippen LogP contribution >= 0.6 is 0 Å². The molecule has 1 aromatic heterocycles. The minimum Gasteiger partial charge on any atom is -0.377 e. The molecule has 3 heterocycles. The van der Waals surface area contributed by atoms with Gasteiger partial charge in [0.25, 0.3) is 0 Å². The van der Waals surface area contributed by atoms with Crippen LogP contribution in [0.5, 0.6) is 0 Å². The first kappa shape index (κ1) is 13.4. The number of hydrogen-bond acceptors (Lipinski definition) is 5. The SMILES string of the molecule is CC1(N2CC[C@@H](n3cc([N+](=O)[O-])cn3)[C@H](F)C2)COC1. The first-order valence-electron chi connectivity index (χ1n) is 6.65. The second-order valence-corrected chi connectivity index (χ2v) is 5.74. The van der Waals surface area contributed by atoms with Crippen molar-refractivity contribution in [1.29, 1.82) is 0 Å². The van der Waals surface area contributed by atoms with Crippen LogP contribution in [0.1, 0.15) is 19.4 Å². The van der Waals surface area contributed by atoms with E-state index in [9.17, 15) is 14.5 Å². The van der Waals surface area contributed by atoms with Gasteiger partial charge in [-0.15, -0.1) is 0 Å². The number of rotatable bonds is 3. The Balaban J connectivity index is 1.69. The smallest absolute Gasteiger partial charge is 0.307 e. The highest BCUT2D eigenvalue weighted by molar-refractivity contribution is 5.21. The summed E-state index contributed by atoms with van der Waals surface area (Å²) < 4.78 is 21.0. The lowest BCUT2D eigenvalue weighted by molar-refractivity contribution is -0.385. The lowest BCUT2D eigenvalue weighted by atomic mass is 9.92. The predicted octanol–water partition coefficient (Wildman–Crippen LogP) is 1.17. The summed E-state index contributed by atoms with van der Waals surface area (Å²) in [6.07, 6.45) is 1.98. The van der Waals surface area contributed by atoms with Gasteiger partial charge in [0.1, 0.15) is 18.6 Å². The molecule has 2 fully saturated rings. The Morgan fingerprint density at radius 1 is 1.60 bits per heavy atom. The van der Waals surface area contributed by atoms with Gasteiger partial charge in [0.15, 0.2) is 0 Å². The van der Waals surface area contributed by atoms with Crippen molar-refractivity contribution >= 4 is 5.69 Å². The van der Waals surface area contributed by atoms with E-state index in [1.54, 1.807) is 0 Å². The number of nitrogens with zero attached hydrogens (tertiary/aromatic N) is 4. The second-order valence-electron chi connectivity index (χ2n) is 5.74. The van der Waals surface area contributed by atoms with E-state index < -0.39 is 17.1 Å². The number of likely N-dealkylation sites (tertiary alicyclic amines) is 1. The Morgan fingerprint density at radius 2 is 2.35 bits per heavy atom. The van der Waals surface area contributed by atoms with Crippen LogP contribution in [0.4, 0.5) is 10.1 Å². The largest absolute Gasteiger partial charge is 0.377 e. The van der Waals surface area contributed by atoms with Crippen molar-refractivity contribution in [2.45, 2.75) is 31.1 Å². The maximum absolute atomic E-state index is 14.4. The van der Waals surface area contributed by atoms with E-state index in [-0.39, 0.29) is 11.2 Å². The summed E-state index contributed by atoms with van der Waals surface area (Å²) >= 11 is 0. The lowest BCUT2D eigenvalue weighted by Gasteiger charge is -2.50. The third-order valence-corrected chi connectivity index (χ3v) is 4.24. The summed E-state index contributed by atoms with van der Waals surface area (Å²) in [6.45, 7) is 4.41. The molecule has 20 heavy (non-hydrogen) atoms. The number of aromatic nitrogens is 2. The number of nitro groups is 1. The summed E-state index contributed by atoms with van der Waals surface area (Å²) in [6, 6.07) is -0.426. The predicted molar refractivity (Wildman–Crippen MR) is 68.2 cm³/mol. The lowest BCUT2D eigenvalue weighted by Crippen LogP contribution is -2.63. The summed E-state index contributed by atoms with van der Waals surface area (Å²) in [4.78, 5) is 12.2. The zero-order valence-electron chi connectivity index (χ0n) is 11.2. The fourth-order valence-corrected chi connectivity index (χ4v) is 2.86. The molecule has 8 heteroatoms. The minimum atomic E-state index is -1.08. The van der Waals surface area contributed by atoms with Crippen LogP contribution in [-0.4, -0.2) is 57.6 Å². The zero-order valence-corrected chi connectivity index (χ0v) is 11.2.